The number of amides is 1. The Balaban J connectivity index is 2.30. The van der Waals surface area contributed by atoms with E-state index >= 15 is 0 Å². The van der Waals surface area contributed by atoms with Crippen molar-refractivity contribution in [1.82, 2.24) is 10.2 Å². The van der Waals surface area contributed by atoms with Gasteiger partial charge in [0.05, 0.1) is 19.7 Å². The number of nitrogens with one attached hydrogen (secondary N) is 1. The Kier molecular flexibility index (Phi) is 7.07. The first-order chi connectivity index (χ1) is 8.61. The lowest BCUT2D eigenvalue weighted by atomic mass is 10.1. The lowest BCUT2D eigenvalue weighted by Crippen LogP contribution is -2.45. The molecule has 0 aromatic heterocycles. The van der Waals surface area contributed by atoms with Crippen molar-refractivity contribution in [3.63, 3.8) is 0 Å². The molecule has 1 heterocycles. The number of carbonyl (C=O) groups is 1. The number of aliphatic hydroxyl groups is 1. The number of aliphatic hydroxyl groups excluding tert-OH is 1. The van der Waals surface area contributed by atoms with E-state index in [1.807, 2.05) is 0 Å². The summed E-state index contributed by atoms with van der Waals surface area (Å²) in [7, 11) is 0. The van der Waals surface area contributed by atoms with E-state index in [1.54, 1.807) is 0 Å². The highest BCUT2D eigenvalue weighted by Crippen LogP contribution is 2.06. The summed E-state index contributed by atoms with van der Waals surface area (Å²) >= 11 is 0. The molecule has 0 bridgehead atoms. The highest BCUT2D eigenvalue weighted by Gasteiger charge is 2.19. The summed E-state index contributed by atoms with van der Waals surface area (Å²) in [4.78, 5) is 12.9. The van der Waals surface area contributed by atoms with Crippen LogP contribution in [0.3, 0.4) is 0 Å². The third kappa shape index (κ3) is 6.23. The summed E-state index contributed by atoms with van der Waals surface area (Å²) in [6.45, 7) is 0.456. The zero-order valence-corrected chi connectivity index (χ0v) is 10.3. The van der Waals surface area contributed by atoms with Gasteiger partial charge < -0.3 is 15.2 Å². The smallest absolute Gasteiger partial charge is 0.251 e. The second-order valence-electron chi connectivity index (χ2n) is 4.30. The van der Waals surface area contributed by atoms with Crippen molar-refractivity contribution < 1.29 is 23.4 Å². The van der Waals surface area contributed by atoms with Gasteiger partial charge in [-0.3, -0.25) is 9.69 Å². The molecule has 1 rings (SSSR count). The first-order valence-corrected chi connectivity index (χ1v) is 6.10. The summed E-state index contributed by atoms with van der Waals surface area (Å²) in [5.74, 6) is -0.281. The van der Waals surface area contributed by atoms with Gasteiger partial charge in [0.15, 0.2) is 0 Å². The Morgan fingerprint density at radius 3 is 2.67 bits per heavy atom. The third-order valence-corrected chi connectivity index (χ3v) is 2.77. The highest BCUT2D eigenvalue weighted by atomic mass is 19.3. The molecule has 0 radical (unpaired) electrons. The van der Waals surface area contributed by atoms with Crippen LogP contribution < -0.4 is 5.32 Å². The second kappa shape index (κ2) is 8.34. The van der Waals surface area contributed by atoms with Crippen LogP contribution in [0, 0.1) is 0 Å². The van der Waals surface area contributed by atoms with Crippen molar-refractivity contribution in [1.29, 1.82) is 0 Å². The first kappa shape index (κ1) is 15.3. The van der Waals surface area contributed by atoms with Crippen LogP contribution >= 0.6 is 0 Å². The average molecular weight is 266 g/mol. The fourth-order valence-corrected chi connectivity index (χ4v) is 1.89. The van der Waals surface area contributed by atoms with Crippen molar-refractivity contribution in [2.75, 3.05) is 39.5 Å². The van der Waals surface area contributed by atoms with Crippen molar-refractivity contribution in [3.8, 4) is 0 Å². The van der Waals surface area contributed by atoms with Crippen molar-refractivity contribution in [2.45, 2.75) is 25.3 Å². The Bertz CT molecular complexity index is 248. The number of hydrogen-bond donors (Lipinski definition) is 2. The lowest BCUT2D eigenvalue weighted by molar-refractivity contribution is -0.124. The molecule has 106 valence electrons. The van der Waals surface area contributed by atoms with E-state index in [1.165, 1.54) is 4.90 Å². The van der Waals surface area contributed by atoms with Crippen LogP contribution in [0.1, 0.15) is 12.8 Å². The molecule has 5 nitrogen and oxygen atoms in total. The number of alkyl halides is 2. The molecule has 1 aliphatic rings. The number of ether oxygens (including phenoxy) is 1. The second-order valence-corrected chi connectivity index (χ2v) is 4.30. The summed E-state index contributed by atoms with van der Waals surface area (Å²) in [5.41, 5.74) is 0. The largest absolute Gasteiger partial charge is 0.395 e. The van der Waals surface area contributed by atoms with Crippen LogP contribution in [-0.4, -0.2) is 67.8 Å². The van der Waals surface area contributed by atoms with E-state index < -0.39 is 13.0 Å². The summed E-state index contributed by atoms with van der Waals surface area (Å²) in [6.07, 6.45) is -1.01. The minimum Gasteiger partial charge on any atom is -0.395 e. The predicted molar refractivity (Wildman–Crippen MR) is 61.5 cm³/mol. The lowest BCUT2D eigenvalue weighted by Gasteiger charge is -2.25. The van der Waals surface area contributed by atoms with Crippen LogP contribution in [-0.2, 0) is 9.53 Å². The van der Waals surface area contributed by atoms with Crippen molar-refractivity contribution in [2.24, 2.45) is 0 Å². The van der Waals surface area contributed by atoms with Crippen LogP contribution in [0.5, 0.6) is 0 Å². The molecule has 0 unspecified atom stereocenters. The van der Waals surface area contributed by atoms with Gasteiger partial charge in [-0.2, -0.15) is 0 Å². The topological polar surface area (TPSA) is 61.8 Å². The molecule has 2 N–H and O–H groups in total. The van der Waals surface area contributed by atoms with Gasteiger partial charge in [-0.1, -0.05) is 0 Å². The number of hydrogen-bond acceptors (Lipinski definition) is 4. The van der Waals surface area contributed by atoms with Gasteiger partial charge >= 0.3 is 0 Å². The first-order valence-electron chi connectivity index (χ1n) is 6.10. The molecule has 0 saturated carbocycles. The van der Waals surface area contributed by atoms with Crippen LogP contribution in [0.4, 0.5) is 8.78 Å². The molecular weight excluding hydrogens is 246 g/mol. The Morgan fingerprint density at radius 1 is 1.44 bits per heavy atom. The fraction of sp³-hybridized carbons (Fsp3) is 0.909. The van der Waals surface area contributed by atoms with E-state index in [0.29, 0.717) is 13.2 Å². The van der Waals surface area contributed by atoms with E-state index in [4.69, 9.17) is 9.84 Å². The molecule has 1 saturated heterocycles. The molecule has 0 atom stereocenters. The van der Waals surface area contributed by atoms with Gasteiger partial charge in [0.25, 0.3) is 6.43 Å². The Labute approximate surface area is 105 Å². The molecule has 0 aromatic rings. The number of nitrogens with zero attached hydrogens (tertiary/aromatic N) is 1. The van der Waals surface area contributed by atoms with Gasteiger partial charge in [0.2, 0.25) is 5.91 Å². The third-order valence-electron chi connectivity index (χ3n) is 2.77. The summed E-state index contributed by atoms with van der Waals surface area (Å²) in [6, 6.07) is 0.0637. The average Bonchev–Trinajstić information content (AvgIpc) is 2.29. The van der Waals surface area contributed by atoms with E-state index in [-0.39, 0.29) is 31.6 Å². The highest BCUT2D eigenvalue weighted by molar-refractivity contribution is 5.78. The normalized spacial score (nSPS) is 17.4. The van der Waals surface area contributed by atoms with E-state index in [0.717, 1.165) is 12.8 Å². The zero-order chi connectivity index (χ0) is 13.4. The molecular formula is C11H20F2N2O3. The van der Waals surface area contributed by atoms with Crippen LogP contribution in [0.15, 0.2) is 0 Å². The maximum Gasteiger partial charge on any atom is 0.251 e. The standard InChI is InChI=1S/C11H20F2N2O3/c12-10(13)7-15(3-4-16)8-11(17)14-9-1-5-18-6-2-9/h9-10,16H,1-8H2,(H,14,17). The maximum atomic E-state index is 12.2. The minimum absolute atomic E-state index is 0.0637. The van der Waals surface area contributed by atoms with E-state index in [2.05, 4.69) is 5.32 Å². The maximum absolute atomic E-state index is 12.2. The zero-order valence-electron chi connectivity index (χ0n) is 10.3. The molecule has 1 aliphatic heterocycles. The molecule has 18 heavy (non-hydrogen) atoms. The fourth-order valence-electron chi connectivity index (χ4n) is 1.89. The van der Waals surface area contributed by atoms with Gasteiger partial charge in [0.1, 0.15) is 0 Å². The van der Waals surface area contributed by atoms with Crippen LogP contribution in [0.25, 0.3) is 0 Å². The Hall–Kier alpha value is -0.790. The van der Waals surface area contributed by atoms with Gasteiger partial charge in [-0.15, -0.1) is 0 Å². The number of halogens is 2. The Morgan fingerprint density at radius 2 is 2.11 bits per heavy atom. The van der Waals surface area contributed by atoms with E-state index in [9.17, 15) is 13.6 Å². The SMILES string of the molecule is O=C(CN(CCO)CC(F)F)NC1CCOCC1. The molecule has 1 amide bonds. The van der Waals surface area contributed by atoms with Crippen molar-refractivity contribution >= 4 is 5.91 Å². The number of carbonyl (C=O) groups excluding carboxylic acids is 1. The molecule has 7 heteroatoms. The monoisotopic (exact) mass is 266 g/mol. The van der Waals surface area contributed by atoms with Crippen LogP contribution in [0.2, 0.25) is 0 Å². The molecule has 1 fully saturated rings. The summed E-state index contributed by atoms with van der Waals surface area (Å²) < 4.78 is 29.7. The minimum atomic E-state index is -2.51. The van der Waals surface area contributed by atoms with Gasteiger partial charge in [-0.05, 0) is 12.8 Å². The number of rotatable bonds is 7. The molecule has 0 aliphatic carbocycles. The molecule has 0 spiro atoms. The van der Waals surface area contributed by atoms with Gasteiger partial charge in [0, 0.05) is 25.8 Å². The van der Waals surface area contributed by atoms with Gasteiger partial charge in [-0.25, -0.2) is 8.78 Å². The summed E-state index contributed by atoms with van der Waals surface area (Å²) in [5, 5.41) is 11.5. The quantitative estimate of drug-likeness (QED) is 0.672. The predicted octanol–water partition coefficient (Wildman–Crippen LogP) is -0.159. The van der Waals surface area contributed by atoms with Crippen molar-refractivity contribution in [3.05, 3.63) is 0 Å². The molecule has 0 aromatic carbocycles.